The highest BCUT2D eigenvalue weighted by Gasteiger charge is 2.10. The molecule has 0 unspecified atom stereocenters. The number of aromatic amines is 1. The summed E-state index contributed by atoms with van der Waals surface area (Å²) in [4.78, 5) is 8.23. The number of para-hydroxylation sites is 1. The van der Waals surface area contributed by atoms with Crippen LogP contribution in [0.3, 0.4) is 0 Å². The summed E-state index contributed by atoms with van der Waals surface area (Å²) in [6, 6.07) is 24.8. The average molecular weight is 349 g/mol. The van der Waals surface area contributed by atoms with Crippen molar-refractivity contribution in [2.45, 2.75) is 0 Å². The van der Waals surface area contributed by atoms with Crippen LogP contribution >= 0.6 is 15.9 Å². The van der Waals surface area contributed by atoms with Gasteiger partial charge in [0.1, 0.15) is 5.82 Å². The standard InChI is InChI=1S/C19H13BrN2/c20-15-11-9-13(10-12-15)16-7-4-8-17-18(16)22-19(21-17)14-5-2-1-3-6-14/h1-12H,(H,21,22). The maximum Gasteiger partial charge on any atom is 0.138 e. The number of imidazole rings is 1. The van der Waals surface area contributed by atoms with E-state index in [0.717, 1.165) is 32.5 Å². The maximum atomic E-state index is 4.81. The van der Waals surface area contributed by atoms with Crippen molar-refractivity contribution in [3.63, 3.8) is 0 Å². The first-order valence-corrected chi connectivity index (χ1v) is 7.91. The highest BCUT2D eigenvalue weighted by molar-refractivity contribution is 9.10. The number of nitrogens with zero attached hydrogens (tertiary/aromatic N) is 1. The van der Waals surface area contributed by atoms with Crippen LogP contribution in [-0.4, -0.2) is 9.97 Å². The van der Waals surface area contributed by atoms with E-state index in [1.54, 1.807) is 0 Å². The predicted octanol–water partition coefficient (Wildman–Crippen LogP) is 5.66. The Morgan fingerprint density at radius 1 is 0.727 bits per heavy atom. The van der Waals surface area contributed by atoms with E-state index in [9.17, 15) is 0 Å². The summed E-state index contributed by atoms with van der Waals surface area (Å²) >= 11 is 3.48. The molecule has 0 amide bonds. The highest BCUT2D eigenvalue weighted by atomic mass is 79.9. The van der Waals surface area contributed by atoms with E-state index < -0.39 is 0 Å². The Morgan fingerprint density at radius 3 is 2.27 bits per heavy atom. The van der Waals surface area contributed by atoms with Crippen molar-refractivity contribution in [3.05, 3.63) is 77.3 Å². The quantitative estimate of drug-likeness (QED) is 0.497. The molecule has 0 saturated carbocycles. The van der Waals surface area contributed by atoms with Crippen molar-refractivity contribution >= 4 is 27.0 Å². The van der Waals surface area contributed by atoms with Gasteiger partial charge < -0.3 is 4.98 Å². The fourth-order valence-electron chi connectivity index (χ4n) is 2.63. The smallest absolute Gasteiger partial charge is 0.138 e. The Balaban J connectivity index is 1.90. The molecule has 0 bridgehead atoms. The summed E-state index contributed by atoms with van der Waals surface area (Å²) in [5.74, 6) is 0.903. The minimum Gasteiger partial charge on any atom is -0.338 e. The molecule has 106 valence electrons. The van der Waals surface area contributed by atoms with Gasteiger partial charge in [-0.2, -0.15) is 0 Å². The van der Waals surface area contributed by atoms with Crippen LogP contribution in [0, 0.1) is 0 Å². The monoisotopic (exact) mass is 348 g/mol. The van der Waals surface area contributed by atoms with Gasteiger partial charge >= 0.3 is 0 Å². The molecule has 0 radical (unpaired) electrons. The molecule has 0 aliphatic carbocycles. The van der Waals surface area contributed by atoms with Crippen LogP contribution in [0.4, 0.5) is 0 Å². The molecule has 0 aliphatic rings. The van der Waals surface area contributed by atoms with E-state index in [1.165, 1.54) is 5.56 Å². The molecule has 0 aliphatic heterocycles. The van der Waals surface area contributed by atoms with Gasteiger partial charge in [0, 0.05) is 15.6 Å². The van der Waals surface area contributed by atoms with Crippen molar-refractivity contribution in [2.75, 3.05) is 0 Å². The minimum atomic E-state index is 0.903. The zero-order chi connectivity index (χ0) is 14.9. The number of hydrogen-bond donors (Lipinski definition) is 1. The third kappa shape index (κ3) is 2.34. The van der Waals surface area contributed by atoms with Gasteiger partial charge in [-0.1, -0.05) is 70.5 Å². The second-order valence-electron chi connectivity index (χ2n) is 5.16. The van der Waals surface area contributed by atoms with Crippen molar-refractivity contribution in [1.29, 1.82) is 0 Å². The molecule has 3 heteroatoms. The normalized spacial score (nSPS) is 11.0. The first-order chi connectivity index (χ1) is 10.8. The van der Waals surface area contributed by atoms with Crippen LogP contribution < -0.4 is 0 Å². The number of halogens is 1. The second kappa shape index (κ2) is 5.43. The third-order valence-electron chi connectivity index (χ3n) is 3.72. The lowest BCUT2D eigenvalue weighted by atomic mass is 10.0. The molecule has 2 nitrogen and oxygen atoms in total. The van der Waals surface area contributed by atoms with Gasteiger partial charge in [0.05, 0.1) is 11.0 Å². The summed E-state index contributed by atoms with van der Waals surface area (Å²) in [6.07, 6.45) is 0. The summed E-state index contributed by atoms with van der Waals surface area (Å²) in [5, 5.41) is 0. The topological polar surface area (TPSA) is 28.7 Å². The lowest BCUT2D eigenvalue weighted by Crippen LogP contribution is -1.81. The molecule has 22 heavy (non-hydrogen) atoms. The molecular weight excluding hydrogens is 336 g/mol. The van der Waals surface area contributed by atoms with Crippen LogP contribution in [-0.2, 0) is 0 Å². The van der Waals surface area contributed by atoms with Crippen molar-refractivity contribution in [3.8, 4) is 22.5 Å². The molecule has 0 fully saturated rings. The van der Waals surface area contributed by atoms with Crippen LogP contribution in [0.25, 0.3) is 33.5 Å². The van der Waals surface area contributed by atoms with Gasteiger partial charge in [-0.25, -0.2) is 4.98 Å². The molecule has 0 atom stereocenters. The van der Waals surface area contributed by atoms with E-state index in [1.807, 2.05) is 18.2 Å². The summed E-state index contributed by atoms with van der Waals surface area (Å²) in [5.41, 5.74) is 5.46. The van der Waals surface area contributed by atoms with E-state index in [0.29, 0.717) is 0 Å². The number of benzene rings is 3. The SMILES string of the molecule is Brc1ccc(-c2cccc3[nH]c(-c4ccccc4)nc23)cc1. The first kappa shape index (κ1) is 13.3. The van der Waals surface area contributed by atoms with Crippen molar-refractivity contribution in [1.82, 2.24) is 9.97 Å². The molecule has 1 heterocycles. The second-order valence-corrected chi connectivity index (χ2v) is 6.08. The van der Waals surface area contributed by atoms with E-state index in [2.05, 4.69) is 75.5 Å². The van der Waals surface area contributed by atoms with Crippen LogP contribution in [0.1, 0.15) is 0 Å². The largest absolute Gasteiger partial charge is 0.338 e. The zero-order valence-electron chi connectivity index (χ0n) is 11.8. The summed E-state index contributed by atoms with van der Waals surface area (Å²) < 4.78 is 1.08. The number of H-pyrrole nitrogens is 1. The van der Waals surface area contributed by atoms with Gasteiger partial charge in [-0.15, -0.1) is 0 Å². The molecule has 0 spiro atoms. The minimum absolute atomic E-state index is 0.903. The molecule has 4 aromatic rings. The number of aromatic nitrogens is 2. The molecule has 1 aromatic heterocycles. The Bertz CT molecular complexity index is 925. The molecule has 0 saturated heterocycles. The van der Waals surface area contributed by atoms with Gasteiger partial charge in [0.15, 0.2) is 0 Å². The Morgan fingerprint density at radius 2 is 1.50 bits per heavy atom. The maximum absolute atomic E-state index is 4.81. The fourth-order valence-corrected chi connectivity index (χ4v) is 2.89. The number of fused-ring (bicyclic) bond motifs is 1. The molecule has 3 aromatic carbocycles. The van der Waals surface area contributed by atoms with Gasteiger partial charge in [0.25, 0.3) is 0 Å². The fraction of sp³-hybridized carbons (Fsp3) is 0. The summed E-state index contributed by atoms with van der Waals surface area (Å²) in [6.45, 7) is 0. The number of hydrogen-bond acceptors (Lipinski definition) is 1. The Labute approximate surface area is 137 Å². The Hall–Kier alpha value is -2.39. The van der Waals surface area contributed by atoms with Gasteiger partial charge in [-0.3, -0.25) is 0 Å². The van der Waals surface area contributed by atoms with Crippen LogP contribution in [0.2, 0.25) is 0 Å². The molecule has 4 rings (SSSR count). The zero-order valence-corrected chi connectivity index (χ0v) is 13.3. The van der Waals surface area contributed by atoms with E-state index >= 15 is 0 Å². The lowest BCUT2D eigenvalue weighted by molar-refractivity contribution is 1.34. The third-order valence-corrected chi connectivity index (χ3v) is 4.24. The molecule has 1 N–H and O–H groups in total. The Kier molecular flexibility index (Phi) is 3.28. The van der Waals surface area contributed by atoms with Crippen molar-refractivity contribution < 1.29 is 0 Å². The van der Waals surface area contributed by atoms with E-state index in [-0.39, 0.29) is 0 Å². The lowest BCUT2D eigenvalue weighted by Gasteiger charge is -2.02. The number of rotatable bonds is 2. The van der Waals surface area contributed by atoms with Crippen LogP contribution in [0.15, 0.2) is 77.3 Å². The van der Waals surface area contributed by atoms with Crippen LogP contribution in [0.5, 0.6) is 0 Å². The number of nitrogens with one attached hydrogen (secondary N) is 1. The van der Waals surface area contributed by atoms with Gasteiger partial charge in [-0.05, 0) is 23.8 Å². The predicted molar refractivity (Wildman–Crippen MR) is 94.7 cm³/mol. The van der Waals surface area contributed by atoms with Gasteiger partial charge in [0.2, 0.25) is 0 Å². The highest BCUT2D eigenvalue weighted by Crippen LogP contribution is 2.30. The summed E-state index contributed by atoms with van der Waals surface area (Å²) in [7, 11) is 0. The first-order valence-electron chi connectivity index (χ1n) is 7.11. The van der Waals surface area contributed by atoms with Crippen molar-refractivity contribution in [2.24, 2.45) is 0 Å². The van der Waals surface area contributed by atoms with E-state index in [4.69, 9.17) is 4.98 Å². The average Bonchev–Trinajstić information content (AvgIpc) is 3.01. The molecular formula is C19H13BrN2.